The highest BCUT2D eigenvalue weighted by Crippen LogP contribution is 2.39. The third-order valence-electron chi connectivity index (χ3n) is 4.46. The summed E-state index contributed by atoms with van der Waals surface area (Å²) >= 11 is 0. The Bertz CT molecular complexity index is 303. The Morgan fingerprint density at radius 2 is 1.95 bits per heavy atom. The van der Waals surface area contributed by atoms with Gasteiger partial charge < -0.3 is 20.1 Å². The maximum absolute atomic E-state index is 10.3. The highest BCUT2D eigenvalue weighted by Gasteiger charge is 2.44. The van der Waals surface area contributed by atoms with Gasteiger partial charge in [-0.15, -0.1) is 6.58 Å². The molecular formula is C16H30O4. The summed E-state index contributed by atoms with van der Waals surface area (Å²) in [6, 6.07) is 0. The molecule has 0 aromatic rings. The molecule has 0 spiro atoms. The first kappa shape index (κ1) is 17.6. The van der Waals surface area contributed by atoms with Gasteiger partial charge in [-0.2, -0.15) is 0 Å². The molecule has 1 rings (SSSR count). The fourth-order valence-electron chi connectivity index (χ4n) is 2.75. The van der Waals surface area contributed by atoms with Crippen molar-refractivity contribution in [3.63, 3.8) is 0 Å². The zero-order valence-electron chi connectivity index (χ0n) is 13.0. The molecule has 0 unspecified atom stereocenters. The average molecular weight is 286 g/mol. The monoisotopic (exact) mass is 286 g/mol. The van der Waals surface area contributed by atoms with E-state index in [1.807, 2.05) is 20.8 Å². The van der Waals surface area contributed by atoms with Crippen LogP contribution in [0.5, 0.6) is 0 Å². The predicted octanol–water partition coefficient (Wildman–Crippen LogP) is 2.02. The SMILES string of the molecule is C=CC[C@H](O)C[C@@H]1O[C@H](C[C@H](O)CC)C[C@H](O)C1(C)C. The summed E-state index contributed by atoms with van der Waals surface area (Å²) in [5, 5.41) is 30.0. The Morgan fingerprint density at radius 1 is 1.30 bits per heavy atom. The molecular weight excluding hydrogens is 256 g/mol. The van der Waals surface area contributed by atoms with Gasteiger partial charge in [0.2, 0.25) is 0 Å². The summed E-state index contributed by atoms with van der Waals surface area (Å²) in [7, 11) is 0. The minimum atomic E-state index is -0.501. The smallest absolute Gasteiger partial charge is 0.0679 e. The largest absolute Gasteiger partial charge is 0.393 e. The molecule has 0 amide bonds. The van der Waals surface area contributed by atoms with Crippen LogP contribution in [0.15, 0.2) is 12.7 Å². The average Bonchev–Trinajstić information content (AvgIpc) is 2.36. The van der Waals surface area contributed by atoms with Crippen molar-refractivity contribution in [2.45, 2.75) is 83.4 Å². The highest BCUT2D eigenvalue weighted by atomic mass is 16.5. The lowest BCUT2D eigenvalue weighted by Crippen LogP contribution is -2.51. The molecule has 5 atom stereocenters. The molecule has 20 heavy (non-hydrogen) atoms. The van der Waals surface area contributed by atoms with E-state index in [0.717, 1.165) is 0 Å². The molecule has 1 fully saturated rings. The molecule has 118 valence electrons. The van der Waals surface area contributed by atoms with Crippen LogP contribution >= 0.6 is 0 Å². The second-order valence-electron chi connectivity index (χ2n) is 6.53. The van der Waals surface area contributed by atoms with E-state index in [2.05, 4.69) is 6.58 Å². The van der Waals surface area contributed by atoms with E-state index in [1.54, 1.807) is 6.08 Å². The second kappa shape index (κ2) is 7.55. The maximum Gasteiger partial charge on any atom is 0.0679 e. The number of hydrogen-bond acceptors (Lipinski definition) is 4. The van der Waals surface area contributed by atoms with Crippen LogP contribution in [-0.2, 0) is 4.74 Å². The topological polar surface area (TPSA) is 69.9 Å². The van der Waals surface area contributed by atoms with E-state index in [-0.39, 0.29) is 12.2 Å². The van der Waals surface area contributed by atoms with Crippen molar-refractivity contribution < 1.29 is 20.1 Å². The molecule has 0 aliphatic carbocycles. The quantitative estimate of drug-likeness (QED) is 0.626. The van der Waals surface area contributed by atoms with Gasteiger partial charge in [-0.25, -0.2) is 0 Å². The zero-order valence-corrected chi connectivity index (χ0v) is 13.0. The number of hydrogen-bond donors (Lipinski definition) is 3. The summed E-state index contributed by atoms with van der Waals surface area (Å²) in [6.45, 7) is 9.49. The summed E-state index contributed by atoms with van der Waals surface area (Å²) in [5.41, 5.74) is -0.393. The molecule has 1 saturated heterocycles. The maximum atomic E-state index is 10.3. The Hall–Kier alpha value is -0.420. The van der Waals surface area contributed by atoms with Crippen molar-refractivity contribution in [1.82, 2.24) is 0 Å². The van der Waals surface area contributed by atoms with Crippen molar-refractivity contribution in [2.75, 3.05) is 0 Å². The van der Waals surface area contributed by atoms with Gasteiger partial charge in [0.25, 0.3) is 0 Å². The van der Waals surface area contributed by atoms with Gasteiger partial charge in [0.05, 0.1) is 30.5 Å². The number of aliphatic hydroxyl groups is 3. The molecule has 0 radical (unpaired) electrons. The third-order valence-corrected chi connectivity index (χ3v) is 4.46. The Labute approximate surface area is 122 Å². The van der Waals surface area contributed by atoms with Gasteiger partial charge in [-0.1, -0.05) is 26.8 Å². The van der Waals surface area contributed by atoms with E-state index in [9.17, 15) is 15.3 Å². The van der Waals surface area contributed by atoms with Crippen LogP contribution in [0.2, 0.25) is 0 Å². The lowest BCUT2D eigenvalue weighted by molar-refractivity contribution is -0.188. The van der Waals surface area contributed by atoms with Crippen molar-refractivity contribution in [3.05, 3.63) is 12.7 Å². The normalized spacial score (nSPS) is 32.6. The molecule has 0 aromatic carbocycles. The summed E-state index contributed by atoms with van der Waals surface area (Å²) in [6.07, 6.45) is 2.72. The number of ether oxygens (including phenoxy) is 1. The van der Waals surface area contributed by atoms with E-state index >= 15 is 0 Å². The van der Waals surface area contributed by atoms with Crippen LogP contribution < -0.4 is 0 Å². The molecule has 1 aliphatic heterocycles. The van der Waals surface area contributed by atoms with E-state index in [0.29, 0.717) is 32.1 Å². The third kappa shape index (κ3) is 4.55. The lowest BCUT2D eigenvalue weighted by atomic mass is 9.73. The molecule has 4 nitrogen and oxygen atoms in total. The molecule has 1 heterocycles. The summed E-state index contributed by atoms with van der Waals surface area (Å²) in [4.78, 5) is 0. The first-order chi connectivity index (χ1) is 9.31. The minimum Gasteiger partial charge on any atom is -0.393 e. The van der Waals surface area contributed by atoms with Crippen LogP contribution in [0.3, 0.4) is 0 Å². The standard InChI is InChI=1S/C16H30O4/c1-5-7-12(18)9-15-16(3,4)14(19)10-13(20-15)8-11(17)6-2/h5,11-15,17-19H,1,6-10H2,2-4H3/t11-,12+,13-,14+,15+/m1/s1. The first-order valence-electron chi connectivity index (χ1n) is 7.61. The van der Waals surface area contributed by atoms with Crippen LogP contribution in [0.1, 0.15) is 52.9 Å². The van der Waals surface area contributed by atoms with Crippen LogP contribution in [0.25, 0.3) is 0 Å². The van der Waals surface area contributed by atoms with E-state index < -0.39 is 23.7 Å². The van der Waals surface area contributed by atoms with Gasteiger partial charge in [0.15, 0.2) is 0 Å². The van der Waals surface area contributed by atoms with Crippen molar-refractivity contribution in [3.8, 4) is 0 Å². The van der Waals surface area contributed by atoms with Crippen LogP contribution in [0, 0.1) is 5.41 Å². The predicted molar refractivity (Wildman–Crippen MR) is 79.4 cm³/mol. The van der Waals surface area contributed by atoms with Gasteiger partial charge in [0, 0.05) is 18.3 Å². The van der Waals surface area contributed by atoms with Gasteiger partial charge in [-0.3, -0.25) is 0 Å². The highest BCUT2D eigenvalue weighted by molar-refractivity contribution is 4.94. The van der Waals surface area contributed by atoms with Crippen LogP contribution in [-0.4, -0.2) is 45.8 Å². The molecule has 0 aromatic heterocycles. The van der Waals surface area contributed by atoms with Crippen molar-refractivity contribution in [2.24, 2.45) is 5.41 Å². The van der Waals surface area contributed by atoms with Gasteiger partial charge in [-0.05, 0) is 19.3 Å². The molecule has 1 aliphatic rings. The van der Waals surface area contributed by atoms with Crippen molar-refractivity contribution >= 4 is 0 Å². The summed E-state index contributed by atoms with van der Waals surface area (Å²) in [5.74, 6) is 0. The number of rotatable bonds is 7. The molecule has 4 heteroatoms. The Morgan fingerprint density at radius 3 is 2.50 bits per heavy atom. The molecule has 0 saturated carbocycles. The molecule has 3 N–H and O–H groups in total. The fraction of sp³-hybridized carbons (Fsp3) is 0.875. The fourth-order valence-corrected chi connectivity index (χ4v) is 2.75. The zero-order chi connectivity index (χ0) is 15.3. The second-order valence-corrected chi connectivity index (χ2v) is 6.53. The summed E-state index contributed by atoms with van der Waals surface area (Å²) < 4.78 is 6.05. The van der Waals surface area contributed by atoms with Gasteiger partial charge >= 0.3 is 0 Å². The Kier molecular flexibility index (Phi) is 6.65. The van der Waals surface area contributed by atoms with Crippen molar-refractivity contribution in [1.29, 1.82) is 0 Å². The Balaban J connectivity index is 2.69. The number of aliphatic hydroxyl groups excluding tert-OH is 3. The first-order valence-corrected chi connectivity index (χ1v) is 7.61. The van der Waals surface area contributed by atoms with E-state index in [1.165, 1.54) is 0 Å². The van der Waals surface area contributed by atoms with Gasteiger partial charge in [0.1, 0.15) is 0 Å². The van der Waals surface area contributed by atoms with E-state index in [4.69, 9.17) is 4.74 Å². The lowest BCUT2D eigenvalue weighted by Gasteiger charge is -2.46. The molecule has 0 bridgehead atoms. The van der Waals surface area contributed by atoms with Crippen LogP contribution in [0.4, 0.5) is 0 Å². The minimum absolute atomic E-state index is 0.145.